The third kappa shape index (κ3) is 5.71. The average Bonchev–Trinajstić information content (AvgIpc) is 3.14. The van der Waals surface area contributed by atoms with Gasteiger partial charge in [0.2, 0.25) is 4.96 Å². The molecule has 0 aliphatic rings. The summed E-state index contributed by atoms with van der Waals surface area (Å²) in [6.45, 7) is 4.51. The smallest absolute Gasteiger partial charge is 0.325 e. The van der Waals surface area contributed by atoms with Crippen molar-refractivity contribution in [1.82, 2.24) is 19.9 Å². The van der Waals surface area contributed by atoms with E-state index in [1.54, 1.807) is 12.1 Å². The van der Waals surface area contributed by atoms with E-state index < -0.39 is 5.97 Å². The van der Waals surface area contributed by atoms with Gasteiger partial charge in [0.25, 0.3) is 11.5 Å². The Morgan fingerprint density at radius 3 is 2.73 bits per heavy atom. The molecule has 2 heterocycles. The lowest BCUT2D eigenvalue weighted by Crippen LogP contribution is -2.30. The molecule has 1 aromatic carbocycles. The van der Waals surface area contributed by atoms with Crippen molar-refractivity contribution in [2.75, 3.05) is 19.8 Å². The summed E-state index contributed by atoms with van der Waals surface area (Å²) in [5.74, 6) is -0.992. The zero-order valence-electron chi connectivity index (χ0n) is 16.7. The number of esters is 1. The fourth-order valence-electron chi connectivity index (χ4n) is 2.54. The lowest BCUT2D eigenvalue weighted by atomic mass is 10.1. The maximum absolute atomic E-state index is 12.2. The number of hydrogen-bond acceptors (Lipinski definition) is 8. The summed E-state index contributed by atoms with van der Waals surface area (Å²) < 4.78 is 11.6. The molecule has 30 heavy (non-hydrogen) atoms. The highest BCUT2D eigenvalue weighted by Gasteiger charge is 2.12. The third-order valence-corrected chi connectivity index (χ3v) is 5.06. The first-order valence-electron chi connectivity index (χ1n) is 9.43. The number of fused-ring (bicyclic) bond motifs is 1. The second-order valence-electron chi connectivity index (χ2n) is 6.43. The highest BCUT2D eigenvalue weighted by atomic mass is 32.1. The molecule has 0 unspecified atom stereocenters. The molecule has 0 aliphatic carbocycles. The minimum absolute atomic E-state index is 0.169. The summed E-state index contributed by atoms with van der Waals surface area (Å²) in [6.07, 6.45) is 0.590. The average molecular weight is 430 g/mol. The number of carbonyl (C=O) groups is 2. The maximum atomic E-state index is 12.2. The van der Waals surface area contributed by atoms with Crippen LogP contribution in [-0.2, 0) is 27.3 Å². The topological polar surface area (TPSA) is 112 Å². The lowest BCUT2D eigenvalue weighted by molar-refractivity contribution is -0.143. The highest BCUT2D eigenvalue weighted by molar-refractivity contribution is 7.16. The molecule has 158 valence electrons. The van der Waals surface area contributed by atoms with Crippen LogP contribution >= 0.6 is 11.3 Å². The molecule has 3 rings (SSSR count). The Morgan fingerprint density at radius 2 is 2.00 bits per heavy atom. The van der Waals surface area contributed by atoms with E-state index in [-0.39, 0.29) is 24.6 Å². The molecule has 0 radical (unpaired) electrons. The number of nitrogens with one attached hydrogen (secondary N) is 1. The Kier molecular flexibility index (Phi) is 7.26. The number of aryl methyl sites for hydroxylation is 1. The van der Waals surface area contributed by atoms with Crippen molar-refractivity contribution in [2.45, 2.75) is 26.9 Å². The Bertz CT molecular complexity index is 1090. The minimum Gasteiger partial charge on any atom is -0.458 e. The molecule has 0 saturated carbocycles. The van der Waals surface area contributed by atoms with E-state index >= 15 is 0 Å². The van der Waals surface area contributed by atoms with Crippen molar-refractivity contribution in [3.8, 4) is 0 Å². The van der Waals surface area contributed by atoms with Gasteiger partial charge in [-0.25, -0.2) is 4.98 Å². The molecule has 0 aliphatic heterocycles. The molecule has 0 fully saturated rings. The molecule has 0 bridgehead atoms. The Morgan fingerprint density at radius 1 is 1.23 bits per heavy atom. The van der Waals surface area contributed by atoms with Crippen molar-refractivity contribution in [3.05, 3.63) is 62.5 Å². The standard InChI is InChI=1S/C20H22N4O5S/c1-3-28-9-8-16-23-24-17(25)10-15(22-20(24)30-16)12-29-18(26)11-21-19(27)14-6-4-13(2)5-7-14/h4-7,10H,3,8-9,11-12H2,1-2H3,(H,21,27). The molecule has 3 aromatic rings. The monoisotopic (exact) mass is 430 g/mol. The van der Waals surface area contributed by atoms with Gasteiger partial charge in [0.15, 0.2) is 0 Å². The van der Waals surface area contributed by atoms with Crippen LogP contribution in [0.15, 0.2) is 35.1 Å². The van der Waals surface area contributed by atoms with Gasteiger partial charge in [-0.15, -0.1) is 0 Å². The summed E-state index contributed by atoms with van der Waals surface area (Å²) in [5, 5.41) is 7.47. The van der Waals surface area contributed by atoms with E-state index in [0.717, 1.165) is 10.6 Å². The van der Waals surface area contributed by atoms with Crippen LogP contribution in [0.25, 0.3) is 4.96 Å². The van der Waals surface area contributed by atoms with Crippen LogP contribution in [0.5, 0.6) is 0 Å². The first-order chi connectivity index (χ1) is 14.5. The van der Waals surface area contributed by atoms with E-state index in [1.807, 2.05) is 26.0 Å². The van der Waals surface area contributed by atoms with Gasteiger partial charge in [-0.2, -0.15) is 9.61 Å². The van der Waals surface area contributed by atoms with Crippen LogP contribution in [0.2, 0.25) is 0 Å². The summed E-state index contributed by atoms with van der Waals surface area (Å²) in [4.78, 5) is 40.9. The molecule has 9 nitrogen and oxygen atoms in total. The fourth-order valence-corrected chi connectivity index (χ4v) is 3.44. The number of carbonyl (C=O) groups excluding carboxylic acids is 2. The van der Waals surface area contributed by atoms with Crippen molar-refractivity contribution in [2.24, 2.45) is 0 Å². The molecule has 1 N–H and O–H groups in total. The molecule has 1 amide bonds. The number of benzene rings is 1. The Labute approximate surface area is 176 Å². The van der Waals surface area contributed by atoms with E-state index in [4.69, 9.17) is 9.47 Å². The molecule has 10 heteroatoms. The third-order valence-electron chi connectivity index (χ3n) is 4.09. The largest absolute Gasteiger partial charge is 0.458 e. The summed E-state index contributed by atoms with van der Waals surface area (Å²) in [5.41, 5.74) is 1.46. The van der Waals surface area contributed by atoms with Gasteiger partial charge in [-0.1, -0.05) is 29.0 Å². The van der Waals surface area contributed by atoms with Gasteiger partial charge >= 0.3 is 5.97 Å². The molecular weight excluding hydrogens is 408 g/mol. The molecule has 0 saturated heterocycles. The van der Waals surface area contributed by atoms with Crippen LogP contribution in [0.4, 0.5) is 0 Å². The van der Waals surface area contributed by atoms with Crippen LogP contribution in [-0.4, -0.2) is 46.2 Å². The van der Waals surface area contributed by atoms with Gasteiger partial charge in [-0.3, -0.25) is 14.4 Å². The van der Waals surface area contributed by atoms with E-state index in [1.165, 1.54) is 21.9 Å². The SMILES string of the molecule is CCOCCc1nn2c(=O)cc(COC(=O)CNC(=O)c3ccc(C)cc3)nc2s1. The van der Waals surface area contributed by atoms with Crippen LogP contribution < -0.4 is 10.9 Å². The quantitative estimate of drug-likeness (QED) is 0.404. The molecule has 0 atom stereocenters. The highest BCUT2D eigenvalue weighted by Crippen LogP contribution is 2.12. The predicted molar refractivity (Wildman–Crippen MR) is 111 cm³/mol. The van der Waals surface area contributed by atoms with E-state index in [9.17, 15) is 14.4 Å². The Balaban J connectivity index is 1.54. The maximum Gasteiger partial charge on any atom is 0.325 e. The van der Waals surface area contributed by atoms with Crippen LogP contribution in [0, 0.1) is 6.92 Å². The molecule has 0 spiro atoms. The van der Waals surface area contributed by atoms with Gasteiger partial charge in [0.1, 0.15) is 18.2 Å². The van der Waals surface area contributed by atoms with Crippen LogP contribution in [0.3, 0.4) is 0 Å². The summed E-state index contributed by atoms with van der Waals surface area (Å²) >= 11 is 1.29. The van der Waals surface area contributed by atoms with Crippen molar-refractivity contribution in [1.29, 1.82) is 0 Å². The fraction of sp³-hybridized carbons (Fsp3) is 0.350. The number of hydrogen-bond donors (Lipinski definition) is 1. The van der Waals surface area contributed by atoms with Gasteiger partial charge in [0, 0.05) is 24.7 Å². The number of ether oxygens (including phenoxy) is 2. The van der Waals surface area contributed by atoms with Gasteiger partial charge in [-0.05, 0) is 26.0 Å². The first kappa shape index (κ1) is 21.6. The van der Waals surface area contributed by atoms with Gasteiger partial charge in [0.05, 0.1) is 12.3 Å². The predicted octanol–water partition coefficient (Wildman–Crippen LogP) is 1.51. The second-order valence-corrected chi connectivity index (χ2v) is 7.47. The molecule has 2 aromatic heterocycles. The number of aromatic nitrogens is 3. The van der Waals surface area contributed by atoms with Crippen LogP contribution in [0.1, 0.15) is 33.5 Å². The van der Waals surface area contributed by atoms with Crippen molar-refractivity contribution >= 4 is 28.2 Å². The van der Waals surface area contributed by atoms with Crippen molar-refractivity contribution in [3.63, 3.8) is 0 Å². The van der Waals surface area contributed by atoms with E-state index in [0.29, 0.717) is 35.9 Å². The minimum atomic E-state index is -0.626. The zero-order chi connectivity index (χ0) is 21.5. The van der Waals surface area contributed by atoms with Gasteiger partial charge < -0.3 is 14.8 Å². The molecular formula is C20H22N4O5S. The summed E-state index contributed by atoms with van der Waals surface area (Å²) in [7, 11) is 0. The number of rotatable bonds is 9. The van der Waals surface area contributed by atoms with Crippen molar-refractivity contribution < 1.29 is 19.1 Å². The first-order valence-corrected chi connectivity index (χ1v) is 10.2. The second kappa shape index (κ2) is 10.1. The Hall–Kier alpha value is -3.11. The summed E-state index contributed by atoms with van der Waals surface area (Å²) in [6, 6.07) is 8.27. The number of amides is 1. The van der Waals surface area contributed by atoms with E-state index in [2.05, 4.69) is 15.4 Å². The normalized spacial score (nSPS) is 10.9. The lowest BCUT2D eigenvalue weighted by Gasteiger charge is -2.06. The number of nitrogens with zero attached hydrogens (tertiary/aromatic N) is 3. The zero-order valence-corrected chi connectivity index (χ0v) is 17.5.